The van der Waals surface area contributed by atoms with Crippen LogP contribution in [-0.4, -0.2) is 31.1 Å². The molecular weight excluding hydrogens is 214 g/mol. The van der Waals surface area contributed by atoms with Gasteiger partial charge in [0.2, 0.25) is 5.91 Å². The highest BCUT2D eigenvalue weighted by Gasteiger charge is 2.26. The van der Waals surface area contributed by atoms with Crippen molar-refractivity contribution in [1.29, 1.82) is 0 Å². The Morgan fingerprint density at radius 2 is 2.24 bits per heavy atom. The Bertz CT molecular complexity index is 403. The highest BCUT2D eigenvalue weighted by Crippen LogP contribution is 2.29. The normalized spacial score (nSPS) is 18.9. The van der Waals surface area contributed by atoms with Crippen LogP contribution in [0.25, 0.3) is 0 Å². The Morgan fingerprint density at radius 1 is 1.47 bits per heavy atom. The largest absolute Gasteiger partial charge is 0.384 e. The van der Waals surface area contributed by atoms with Crippen LogP contribution in [0.15, 0.2) is 24.3 Å². The number of hydrogen-bond donors (Lipinski definition) is 0. The van der Waals surface area contributed by atoms with E-state index in [1.807, 2.05) is 11.0 Å². The first-order chi connectivity index (χ1) is 8.24. The first kappa shape index (κ1) is 12.1. The molecule has 1 atom stereocenters. The fourth-order valence-electron chi connectivity index (χ4n) is 2.45. The number of rotatable bonds is 3. The smallest absolute Gasteiger partial charge is 0.225 e. The van der Waals surface area contributed by atoms with Gasteiger partial charge < -0.3 is 9.64 Å². The summed E-state index contributed by atoms with van der Waals surface area (Å²) in [7, 11) is 1.63. The van der Waals surface area contributed by atoms with Gasteiger partial charge in [0, 0.05) is 13.7 Å². The third-order valence-electron chi connectivity index (χ3n) is 3.44. The molecule has 1 amide bonds. The molecule has 1 aliphatic rings. The second-order valence-corrected chi connectivity index (χ2v) is 4.45. The van der Waals surface area contributed by atoms with Gasteiger partial charge in [-0.15, -0.1) is 0 Å². The molecular formula is C14H19NO2. The van der Waals surface area contributed by atoms with Crippen molar-refractivity contribution < 1.29 is 9.53 Å². The topological polar surface area (TPSA) is 29.5 Å². The van der Waals surface area contributed by atoms with Crippen LogP contribution < -0.4 is 0 Å². The highest BCUT2D eigenvalue weighted by molar-refractivity contribution is 5.77. The Morgan fingerprint density at radius 3 is 3.00 bits per heavy atom. The number of ether oxygens (including phenoxy) is 1. The molecule has 3 nitrogen and oxygen atoms in total. The number of benzene rings is 1. The minimum Gasteiger partial charge on any atom is -0.384 e. The summed E-state index contributed by atoms with van der Waals surface area (Å²) in [6.07, 6.45) is 1.43. The van der Waals surface area contributed by atoms with E-state index >= 15 is 0 Å². The maximum atomic E-state index is 12.0. The van der Waals surface area contributed by atoms with E-state index in [4.69, 9.17) is 4.74 Å². The van der Waals surface area contributed by atoms with Crippen LogP contribution in [0.3, 0.4) is 0 Å². The molecule has 0 fully saturated rings. The molecule has 0 bridgehead atoms. The number of fused-ring (bicyclic) bond motifs is 1. The molecule has 3 heteroatoms. The summed E-state index contributed by atoms with van der Waals surface area (Å²) in [6, 6.07) is 8.56. The van der Waals surface area contributed by atoms with E-state index in [1.165, 1.54) is 11.1 Å². The van der Waals surface area contributed by atoms with Gasteiger partial charge in [-0.2, -0.15) is 0 Å². The molecule has 0 aromatic heterocycles. The summed E-state index contributed by atoms with van der Waals surface area (Å²) in [5.41, 5.74) is 2.65. The number of methoxy groups -OCH3 is 1. The van der Waals surface area contributed by atoms with Crippen molar-refractivity contribution in [2.75, 3.05) is 20.3 Å². The van der Waals surface area contributed by atoms with Crippen LogP contribution in [0.4, 0.5) is 0 Å². The summed E-state index contributed by atoms with van der Waals surface area (Å²) in [5.74, 6) is 0.189. The fourth-order valence-corrected chi connectivity index (χ4v) is 2.45. The summed E-state index contributed by atoms with van der Waals surface area (Å²) in [5, 5.41) is 0. The Labute approximate surface area is 102 Å². The number of carbonyl (C=O) groups excluding carboxylic acids is 1. The van der Waals surface area contributed by atoms with Gasteiger partial charge in [0.15, 0.2) is 0 Å². The third kappa shape index (κ3) is 2.50. The lowest BCUT2D eigenvalue weighted by molar-refractivity contribution is -0.134. The van der Waals surface area contributed by atoms with Crippen LogP contribution in [0, 0.1) is 0 Å². The Hall–Kier alpha value is -1.35. The minimum absolute atomic E-state index is 0.185. The van der Waals surface area contributed by atoms with Gasteiger partial charge in [-0.25, -0.2) is 0 Å². The molecule has 1 heterocycles. The van der Waals surface area contributed by atoms with Gasteiger partial charge in [-0.05, 0) is 24.5 Å². The lowest BCUT2D eigenvalue weighted by Gasteiger charge is -2.35. The predicted octanol–water partition coefficient (Wildman–Crippen LogP) is 2.17. The molecule has 92 valence electrons. The number of hydrogen-bond acceptors (Lipinski definition) is 2. The van der Waals surface area contributed by atoms with E-state index in [0.29, 0.717) is 13.0 Å². The van der Waals surface area contributed by atoms with Crippen molar-refractivity contribution in [2.45, 2.75) is 25.8 Å². The van der Waals surface area contributed by atoms with E-state index in [-0.39, 0.29) is 11.9 Å². The lowest BCUT2D eigenvalue weighted by atomic mass is 9.93. The molecule has 1 aliphatic heterocycles. The van der Waals surface area contributed by atoms with E-state index in [0.717, 1.165) is 13.0 Å². The van der Waals surface area contributed by atoms with Crippen LogP contribution in [0.2, 0.25) is 0 Å². The monoisotopic (exact) mass is 233 g/mol. The molecule has 0 saturated carbocycles. The third-order valence-corrected chi connectivity index (χ3v) is 3.44. The lowest BCUT2D eigenvalue weighted by Crippen LogP contribution is -2.39. The van der Waals surface area contributed by atoms with Crippen molar-refractivity contribution >= 4 is 5.91 Å². The van der Waals surface area contributed by atoms with Crippen LogP contribution in [-0.2, 0) is 16.0 Å². The second kappa shape index (κ2) is 5.32. The van der Waals surface area contributed by atoms with Crippen molar-refractivity contribution in [3.8, 4) is 0 Å². The van der Waals surface area contributed by atoms with Gasteiger partial charge in [0.25, 0.3) is 0 Å². The second-order valence-electron chi connectivity index (χ2n) is 4.45. The summed E-state index contributed by atoms with van der Waals surface area (Å²) in [6.45, 7) is 3.42. The zero-order valence-corrected chi connectivity index (χ0v) is 10.5. The van der Waals surface area contributed by atoms with E-state index in [2.05, 4.69) is 25.1 Å². The number of carbonyl (C=O) groups is 1. The van der Waals surface area contributed by atoms with Gasteiger partial charge in [0.1, 0.15) is 0 Å². The molecule has 0 spiro atoms. The zero-order valence-electron chi connectivity index (χ0n) is 10.5. The average molecular weight is 233 g/mol. The predicted molar refractivity (Wildman–Crippen MR) is 66.8 cm³/mol. The van der Waals surface area contributed by atoms with Gasteiger partial charge in [-0.3, -0.25) is 4.79 Å². The first-order valence-electron chi connectivity index (χ1n) is 6.10. The van der Waals surface area contributed by atoms with Gasteiger partial charge in [-0.1, -0.05) is 24.3 Å². The maximum Gasteiger partial charge on any atom is 0.225 e. The Balaban J connectivity index is 2.11. The molecule has 17 heavy (non-hydrogen) atoms. The van der Waals surface area contributed by atoms with Crippen molar-refractivity contribution in [3.05, 3.63) is 35.4 Å². The first-order valence-corrected chi connectivity index (χ1v) is 6.10. The number of amides is 1. The van der Waals surface area contributed by atoms with Crippen molar-refractivity contribution in [3.63, 3.8) is 0 Å². The molecule has 1 aromatic carbocycles. The van der Waals surface area contributed by atoms with Crippen LogP contribution in [0.5, 0.6) is 0 Å². The maximum absolute atomic E-state index is 12.0. The molecule has 1 aromatic rings. The molecule has 0 unspecified atom stereocenters. The van der Waals surface area contributed by atoms with E-state index in [9.17, 15) is 4.79 Å². The molecule has 0 saturated heterocycles. The SMILES string of the molecule is COCCC(=O)N1CCc2ccccc2[C@H]1C. The van der Waals surface area contributed by atoms with Crippen molar-refractivity contribution in [2.24, 2.45) is 0 Å². The zero-order chi connectivity index (χ0) is 12.3. The van der Waals surface area contributed by atoms with Gasteiger partial charge in [0.05, 0.1) is 19.1 Å². The Kier molecular flexibility index (Phi) is 3.79. The number of nitrogens with zero attached hydrogens (tertiary/aromatic N) is 1. The average Bonchev–Trinajstić information content (AvgIpc) is 2.37. The molecule has 0 aliphatic carbocycles. The van der Waals surface area contributed by atoms with Crippen molar-refractivity contribution in [1.82, 2.24) is 4.90 Å². The van der Waals surface area contributed by atoms with Crippen LogP contribution >= 0.6 is 0 Å². The van der Waals surface area contributed by atoms with Crippen LogP contribution in [0.1, 0.15) is 30.5 Å². The van der Waals surface area contributed by atoms with E-state index < -0.39 is 0 Å². The van der Waals surface area contributed by atoms with E-state index in [1.54, 1.807) is 7.11 Å². The summed E-state index contributed by atoms with van der Waals surface area (Å²) < 4.78 is 4.96. The molecule has 0 radical (unpaired) electrons. The fraction of sp³-hybridized carbons (Fsp3) is 0.500. The van der Waals surface area contributed by atoms with Gasteiger partial charge >= 0.3 is 0 Å². The molecule has 0 N–H and O–H groups in total. The highest BCUT2D eigenvalue weighted by atomic mass is 16.5. The standard InChI is InChI=1S/C14H19NO2/c1-11-13-6-4-3-5-12(13)7-9-15(11)14(16)8-10-17-2/h3-6,11H,7-10H2,1-2H3/t11-/m1/s1. The summed E-state index contributed by atoms with van der Waals surface area (Å²) in [4.78, 5) is 14.0. The quantitative estimate of drug-likeness (QED) is 0.800. The summed E-state index contributed by atoms with van der Waals surface area (Å²) >= 11 is 0. The molecule has 2 rings (SSSR count). The minimum atomic E-state index is 0.185.